The number of piperazine rings is 1. The van der Waals surface area contributed by atoms with Gasteiger partial charge in [-0.3, -0.25) is 4.79 Å². The predicted octanol–water partition coefficient (Wildman–Crippen LogP) is 3.36. The van der Waals surface area contributed by atoms with Crippen LogP contribution in [0.3, 0.4) is 0 Å². The van der Waals surface area contributed by atoms with Gasteiger partial charge in [0.25, 0.3) is 5.91 Å². The average molecular weight is 337 g/mol. The van der Waals surface area contributed by atoms with E-state index in [9.17, 15) is 9.18 Å². The van der Waals surface area contributed by atoms with Gasteiger partial charge in [-0.2, -0.15) is 0 Å². The summed E-state index contributed by atoms with van der Waals surface area (Å²) in [5.74, 6) is -0.212. The molecule has 1 amide bonds. The molecule has 4 nitrogen and oxygen atoms in total. The maximum Gasteiger partial charge on any atom is 0.253 e. The zero-order valence-corrected chi connectivity index (χ0v) is 14.1. The number of amides is 1. The van der Waals surface area contributed by atoms with Crippen LogP contribution in [0.5, 0.6) is 0 Å². The van der Waals surface area contributed by atoms with Gasteiger partial charge >= 0.3 is 0 Å². The number of benzene rings is 2. The molecule has 128 valence electrons. The Labute approximate surface area is 145 Å². The Kier molecular flexibility index (Phi) is 4.01. The molecule has 0 atom stereocenters. The van der Waals surface area contributed by atoms with Crippen molar-refractivity contribution in [2.75, 3.05) is 33.2 Å². The molecule has 25 heavy (non-hydrogen) atoms. The fourth-order valence-corrected chi connectivity index (χ4v) is 3.38. The summed E-state index contributed by atoms with van der Waals surface area (Å²) in [6.07, 6.45) is 1.73. The highest BCUT2D eigenvalue weighted by atomic mass is 19.1. The third kappa shape index (κ3) is 2.91. The van der Waals surface area contributed by atoms with Crippen LogP contribution in [0.15, 0.2) is 48.7 Å². The van der Waals surface area contributed by atoms with Crippen molar-refractivity contribution in [3.63, 3.8) is 0 Å². The van der Waals surface area contributed by atoms with Crippen LogP contribution in [-0.4, -0.2) is 53.9 Å². The maximum atomic E-state index is 13.9. The molecule has 1 aliphatic rings. The van der Waals surface area contributed by atoms with E-state index in [1.54, 1.807) is 12.3 Å². The van der Waals surface area contributed by atoms with E-state index in [2.05, 4.69) is 16.9 Å². The summed E-state index contributed by atoms with van der Waals surface area (Å²) in [7, 11) is 2.07. The first-order chi connectivity index (χ1) is 12.1. The molecule has 1 saturated heterocycles. The normalized spacial score (nSPS) is 15.7. The summed E-state index contributed by atoms with van der Waals surface area (Å²) in [5.41, 5.74) is 3.01. The lowest BCUT2D eigenvalue weighted by molar-refractivity contribution is 0.0664. The van der Waals surface area contributed by atoms with Gasteiger partial charge in [-0.05, 0) is 42.4 Å². The fourth-order valence-electron chi connectivity index (χ4n) is 3.38. The average Bonchev–Trinajstić information content (AvgIpc) is 3.13. The van der Waals surface area contributed by atoms with Crippen LogP contribution in [0.4, 0.5) is 4.39 Å². The van der Waals surface area contributed by atoms with Crippen LogP contribution in [0, 0.1) is 5.82 Å². The van der Waals surface area contributed by atoms with Gasteiger partial charge < -0.3 is 14.8 Å². The molecular formula is C20H20FN3O. The highest BCUT2D eigenvalue weighted by molar-refractivity contribution is 5.99. The Balaban J connectivity index is 1.68. The third-order valence-corrected chi connectivity index (χ3v) is 4.88. The van der Waals surface area contributed by atoms with E-state index >= 15 is 0 Å². The fraction of sp³-hybridized carbons (Fsp3) is 0.250. The van der Waals surface area contributed by atoms with Crippen LogP contribution in [0.1, 0.15) is 10.4 Å². The Morgan fingerprint density at radius 2 is 1.88 bits per heavy atom. The minimum absolute atomic E-state index is 0.0578. The quantitative estimate of drug-likeness (QED) is 0.779. The van der Waals surface area contributed by atoms with Crippen LogP contribution in [0.25, 0.3) is 22.0 Å². The highest BCUT2D eigenvalue weighted by Crippen LogP contribution is 2.30. The molecule has 0 aliphatic carbocycles. The third-order valence-electron chi connectivity index (χ3n) is 4.88. The van der Waals surface area contributed by atoms with Crippen molar-refractivity contribution in [2.45, 2.75) is 0 Å². The van der Waals surface area contributed by atoms with Crippen LogP contribution in [-0.2, 0) is 0 Å². The number of carbonyl (C=O) groups is 1. The largest absolute Gasteiger partial charge is 0.359 e. The summed E-state index contributed by atoms with van der Waals surface area (Å²) >= 11 is 0. The first-order valence-electron chi connectivity index (χ1n) is 8.47. The van der Waals surface area contributed by atoms with Gasteiger partial charge in [0, 0.05) is 43.3 Å². The highest BCUT2D eigenvalue weighted by Gasteiger charge is 2.20. The van der Waals surface area contributed by atoms with Crippen molar-refractivity contribution >= 4 is 16.8 Å². The molecule has 2 heterocycles. The molecule has 3 aromatic rings. The topological polar surface area (TPSA) is 39.3 Å². The Morgan fingerprint density at radius 1 is 1.08 bits per heavy atom. The smallest absolute Gasteiger partial charge is 0.253 e. The maximum absolute atomic E-state index is 13.9. The van der Waals surface area contributed by atoms with Crippen LogP contribution >= 0.6 is 0 Å². The molecule has 1 aliphatic heterocycles. The van der Waals surface area contributed by atoms with Gasteiger partial charge in [-0.1, -0.05) is 18.2 Å². The number of nitrogens with zero attached hydrogens (tertiary/aromatic N) is 2. The van der Waals surface area contributed by atoms with Gasteiger partial charge in [0.05, 0.1) is 5.52 Å². The van der Waals surface area contributed by atoms with E-state index in [0.29, 0.717) is 11.1 Å². The van der Waals surface area contributed by atoms with Gasteiger partial charge in [0.1, 0.15) is 5.82 Å². The Bertz CT molecular complexity index is 926. The minimum atomic E-state index is -0.270. The number of H-pyrrole nitrogens is 1. The van der Waals surface area contributed by atoms with Crippen molar-refractivity contribution in [2.24, 2.45) is 0 Å². The van der Waals surface area contributed by atoms with Crippen molar-refractivity contribution in [3.05, 3.63) is 60.0 Å². The van der Waals surface area contributed by atoms with Crippen molar-refractivity contribution in [3.8, 4) is 11.1 Å². The number of rotatable bonds is 2. The van der Waals surface area contributed by atoms with Crippen molar-refractivity contribution in [1.29, 1.82) is 0 Å². The van der Waals surface area contributed by atoms with Crippen LogP contribution in [0.2, 0.25) is 0 Å². The summed E-state index contributed by atoms with van der Waals surface area (Å²) in [5, 5.41) is 0.823. The lowest BCUT2D eigenvalue weighted by Gasteiger charge is -2.32. The first kappa shape index (κ1) is 15.8. The summed E-state index contributed by atoms with van der Waals surface area (Å²) < 4.78 is 13.9. The number of fused-ring (bicyclic) bond motifs is 1. The van der Waals surface area contributed by atoms with E-state index in [1.807, 2.05) is 35.2 Å². The zero-order chi connectivity index (χ0) is 17.4. The second-order valence-electron chi connectivity index (χ2n) is 6.54. The second-order valence-corrected chi connectivity index (χ2v) is 6.54. The van der Waals surface area contributed by atoms with Gasteiger partial charge in [-0.15, -0.1) is 0 Å². The van der Waals surface area contributed by atoms with Gasteiger partial charge in [0.15, 0.2) is 0 Å². The molecule has 1 aromatic heterocycles. The van der Waals surface area contributed by atoms with Crippen LogP contribution < -0.4 is 0 Å². The second kappa shape index (κ2) is 6.33. The zero-order valence-electron chi connectivity index (χ0n) is 14.1. The van der Waals surface area contributed by atoms with E-state index in [-0.39, 0.29) is 11.7 Å². The molecule has 0 unspecified atom stereocenters. The Morgan fingerprint density at radius 3 is 2.68 bits per heavy atom. The molecule has 5 heteroatoms. The summed E-state index contributed by atoms with van der Waals surface area (Å²) in [6.45, 7) is 3.29. The molecule has 0 saturated carbocycles. The molecule has 2 aromatic carbocycles. The number of hydrogen-bond acceptors (Lipinski definition) is 2. The summed E-state index contributed by atoms with van der Waals surface area (Å²) in [6, 6.07) is 12.7. The predicted molar refractivity (Wildman–Crippen MR) is 97.1 cm³/mol. The number of aromatic amines is 1. The monoisotopic (exact) mass is 337 g/mol. The van der Waals surface area contributed by atoms with E-state index in [4.69, 9.17) is 0 Å². The van der Waals surface area contributed by atoms with E-state index in [1.165, 1.54) is 6.07 Å². The molecule has 4 rings (SSSR count). The molecule has 1 N–H and O–H groups in total. The lowest BCUT2D eigenvalue weighted by atomic mass is 9.99. The molecule has 0 bridgehead atoms. The molecule has 0 spiro atoms. The van der Waals surface area contributed by atoms with E-state index in [0.717, 1.165) is 42.7 Å². The van der Waals surface area contributed by atoms with Crippen molar-refractivity contribution < 1.29 is 9.18 Å². The number of nitrogens with one attached hydrogen (secondary N) is 1. The SMILES string of the molecule is CN1CCN(C(=O)c2cccc(-c3ccc(F)c4[nH]ccc34)c2)CC1. The number of aromatic nitrogens is 1. The number of hydrogen-bond donors (Lipinski definition) is 1. The standard InChI is InChI=1S/C20H20FN3O/c1-23-9-11-24(12-10-23)20(25)15-4-2-3-14(13-15)16-5-6-18(21)19-17(16)7-8-22-19/h2-8,13,22H,9-12H2,1H3. The Hall–Kier alpha value is -2.66. The number of carbonyl (C=O) groups excluding carboxylic acids is 1. The first-order valence-corrected chi connectivity index (χ1v) is 8.47. The minimum Gasteiger partial charge on any atom is -0.359 e. The van der Waals surface area contributed by atoms with E-state index < -0.39 is 0 Å². The van der Waals surface area contributed by atoms with Gasteiger partial charge in [0.2, 0.25) is 0 Å². The molecular weight excluding hydrogens is 317 g/mol. The lowest BCUT2D eigenvalue weighted by Crippen LogP contribution is -2.47. The number of likely N-dealkylation sites (N-methyl/N-ethyl adjacent to an activating group) is 1. The molecule has 1 fully saturated rings. The molecule has 0 radical (unpaired) electrons. The van der Waals surface area contributed by atoms with Gasteiger partial charge in [-0.25, -0.2) is 4.39 Å². The summed E-state index contributed by atoms with van der Waals surface area (Å²) in [4.78, 5) is 19.9. The number of halogens is 1. The van der Waals surface area contributed by atoms with Crippen molar-refractivity contribution in [1.82, 2.24) is 14.8 Å².